The molecule has 4 rings (SSSR count). The Morgan fingerprint density at radius 2 is 1.73 bits per heavy atom. The van der Waals surface area contributed by atoms with Gasteiger partial charge in [-0.1, -0.05) is 48.5 Å². The zero-order valence-electron chi connectivity index (χ0n) is 17.9. The van der Waals surface area contributed by atoms with Crippen molar-refractivity contribution in [2.24, 2.45) is 0 Å². The Morgan fingerprint density at radius 1 is 1.00 bits per heavy atom. The number of ketones is 2. The first-order valence-electron chi connectivity index (χ1n) is 10.3. The molecule has 1 heterocycles. The highest BCUT2D eigenvalue weighted by atomic mass is 16.5. The molecule has 0 saturated heterocycles. The van der Waals surface area contributed by atoms with Gasteiger partial charge in [-0.25, -0.2) is 0 Å². The average molecular weight is 442 g/mol. The van der Waals surface area contributed by atoms with Gasteiger partial charge in [0, 0.05) is 6.07 Å². The van der Waals surface area contributed by atoms with Crippen LogP contribution in [-0.2, 0) is 4.79 Å². The second-order valence-electron chi connectivity index (χ2n) is 7.48. The molecule has 0 spiro atoms. The van der Waals surface area contributed by atoms with E-state index in [1.165, 1.54) is 25.3 Å². The van der Waals surface area contributed by atoms with Gasteiger partial charge in [-0.15, -0.1) is 0 Å². The molecule has 0 fully saturated rings. The van der Waals surface area contributed by atoms with Gasteiger partial charge >= 0.3 is 0 Å². The summed E-state index contributed by atoms with van der Waals surface area (Å²) in [6.07, 6.45) is 1.67. The van der Waals surface area contributed by atoms with Crippen LogP contribution in [-0.4, -0.2) is 35.0 Å². The lowest BCUT2D eigenvalue weighted by molar-refractivity contribution is -0.112. The number of benzene rings is 3. The lowest BCUT2D eigenvalue weighted by Gasteiger charge is -2.28. The normalized spacial score (nSPS) is 15.1. The summed E-state index contributed by atoms with van der Waals surface area (Å²) in [5, 5.41) is 21.1. The molecule has 0 aliphatic carbocycles. The van der Waals surface area contributed by atoms with Crippen LogP contribution in [0.25, 0.3) is 11.8 Å². The summed E-state index contributed by atoms with van der Waals surface area (Å²) in [5.74, 6) is -0.513. The number of phenolic OH excluding ortho intramolecular Hbond substituents is 1. The number of aliphatic hydroxyl groups is 1. The van der Waals surface area contributed by atoms with Crippen LogP contribution in [0.5, 0.6) is 17.2 Å². The fraction of sp³-hybridized carbons (Fsp3) is 0.111. The molecule has 3 aromatic carbocycles. The third kappa shape index (κ3) is 4.65. The van der Waals surface area contributed by atoms with Crippen molar-refractivity contribution in [3.8, 4) is 17.2 Å². The number of Topliss-reactive ketones (excluding diaryl/α,β-unsaturated/α-hetero) is 1. The predicted octanol–water partition coefficient (Wildman–Crippen LogP) is 4.99. The first-order valence-corrected chi connectivity index (χ1v) is 10.3. The van der Waals surface area contributed by atoms with Crippen molar-refractivity contribution in [2.45, 2.75) is 12.5 Å². The van der Waals surface area contributed by atoms with Crippen molar-refractivity contribution >= 4 is 23.4 Å². The van der Waals surface area contributed by atoms with Crippen molar-refractivity contribution in [3.05, 3.63) is 101 Å². The van der Waals surface area contributed by atoms with E-state index in [2.05, 4.69) is 0 Å². The number of hydrogen-bond acceptors (Lipinski definition) is 6. The number of allylic oxidation sites excluding steroid dienone is 1. The summed E-state index contributed by atoms with van der Waals surface area (Å²) in [7, 11) is 1.50. The van der Waals surface area contributed by atoms with Crippen molar-refractivity contribution in [3.63, 3.8) is 0 Å². The number of methoxy groups -OCH3 is 1. The molecule has 6 heteroatoms. The minimum Gasteiger partial charge on any atom is -0.507 e. The van der Waals surface area contributed by atoms with Crippen LogP contribution in [0.2, 0.25) is 0 Å². The number of ether oxygens (including phenoxy) is 2. The summed E-state index contributed by atoms with van der Waals surface area (Å²) in [4.78, 5) is 26.1. The molecule has 3 aromatic rings. The molecule has 0 amide bonds. The van der Waals surface area contributed by atoms with Crippen LogP contribution in [0.1, 0.15) is 27.9 Å². The van der Waals surface area contributed by atoms with E-state index in [9.17, 15) is 19.8 Å². The molecule has 0 aromatic heterocycles. The van der Waals surface area contributed by atoms with Crippen molar-refractivity contribution in [1.29, 1.82) is 0 Å². The zero-order valence-corrected chi connectivity index (χ0v) is 17.9. The molecule has 2 N–H and O–H groups in total. The molecule has 1 atom stereocenters. The molecular formula is C27H22O6. The Morgan fingerprint density at radius 3 is 2.45 bits per heavy atom. The monoisotopic (exact) mass is 442 g/mol. The maximum atomic E-state index is 13.1. The number of fused-ring (bicyclic) bond motifs is 1. The topological polar surface area (TPSA) is 93.1 Å². The number of hydrogen-bond donors (Lipinski definition) is 2. The fourth-order valence-electron chi connectivity index (χ4n) is 3.67. The second kappa shape index (κ2) is 9.44. The highest BCUT2D eigenvalue weighted by Gasteiger charge is 2.34. The van der Waals surface area contributed by atoms with Gasteiger partial charge in [-0.3, -0.25) is 9.59 Å². The van der Waals surface area contributed by atoms with Crippen LogP contribution in [0.4, 0.5) is 0 Å². The molecule has 0 radical (unpaired) electrons. The zero-order chi connectivity index (χ0) is 23.4. The molecule has 1 aliphatic rings. The van der Waals surface area contributed by atoms with Crippen LogP contribution >= 0.6 is 0 Å². The first-order chi connectivity index (χ1) is 16.0. The maximum Gasteiger partial charge on any atom is 0.189 e. The molecule has 166 valence electrons. The molecule has 33 heavy (non-hydrogen) atoms. The number of aromatic hydroxyl groups is 1. The van der Waals surface area contributed by atoms with Crippen molar-refractivity contribution in [1.82, 2.24) is 0 Å². The number of para-hydroxylation sites is 1. The van der Waals surface area contributed by atoms with E-state index in [-0.39, 0.29) is 29.1 Å². The van der Waals surface area contributed by atoms with Gasteiger partial charge < -0.3 is 19.7 Å². The maximum absolute atomic E-state index is 13.1. The van der Waals surface area contributed by atoms with Gasteiger partial charge in [0.1, 0.15) is 29.1 Å². The lowest BCUT2D eigenvalue weighted by Crippen LogP contribution is -2.31. The number of rotatable bonds is 7. The SMILES string of the molecule is COc1ccc2c(c1)OC(CC(=O)c1ccccc1O)C(C(=O)/C=C/c1ccccc1)=C2O. The van der Waals surface area contributed by atoms with Gasteiger partial charge in [0.05, 0.1) is 30.2 Å². The standard InChI is InChI=1S/C27H22O6/c1-32-18-12-13-20-24(15-18)33-25(16-23(30)19-9-5-6-10-21(19)28)26(27(20)31)22(29)14-11-17-7-3-2-4-8-17/h2-15,25,28,31H,16H2,1H3/b14-11+. The number of carbonyl (C=O) groups is 2. The van der Waals surface area contributed by atoms with E-state index in [4.69, 9.17) is 9.47 Å². The number of aliphatic hydroxyl groups excluding tert-OH is 1. The van der Waals surface area contributed by atoms with Gasteiger partial charge in [0.2, 0.25) is 0 Å². The quantitative estimate of drug-likeness (QED) is 0.396. The van der Waals surface area contributed by atoms with Crippen LogP contribution < -0.4 is 9.47 Å². The van der Waals surface area contributed by atoms with Crippen LogP contribution in [0, 0.1) is 0 Å². The smallest absolute Gasteiger partial charge is 0.189 e. The highest BCUT2D eigenvalue weighted by molar-refractivity contribution is 6.12. The Hall–Kier alpha value is -4.32. The minimum atomic E-state index is -1.05. The van der Waals surface area contributed by atoms with E-state index in [1.807, 2.05) is 30.3 Å². The summed E-state index contributed by atoms with van der Waals surface area (Å²) in [5.41, 5.74) is 1.24. The predicted molar refractivity (Wildman–Crippen MR) is 124 cm³/mol. The molecule has 1 aliphatic heterocycles. The van der Waals surface area contributed by atoms with E-state index in [0.29, 0.717) is 17.1 Å². The molecular weight excluding hydrogens is 420 g/mol. The van der Waals surface area contributed by atoms with Crippen molar-refractivity contribution < 1.29 is 29.3 Å². The highest BCUT2D eigenvalue weighted by Crippen LogP contribution is 2.39. The third-order valence-electron chi connectivity index (χ3n) is 5.36. The van der Waals surface area contributed by atoms with E-state index in [1.54, 1.807) is 36.4 Å². The number of phenols is 1. The summed E-state index contributed by atoms with van der Waals surface area (Å²) in [6, 6.07) is 20.2. The Balaban J connectivity index is 1.72. The fourth-order valence-corrected chi connectivity index (χ4v) is 3.67. The van der Waals surface area contributed by atoms with Gasteiger partial charge in [0.25, 0.3) is 0 Å². The molecule has 1 unspecified atom stereocenters. The van der Waals surface area contributed by atoms with Crippen LogP contribution in [0.3, 0.4) is 0 Å². The summed E-state index contributed by atoms with van der Waals surface area (Å²) < 4.78 is 11.2. The second-order valence-corrected chi connectivity index (χ2v) is 7.48. The summed E-state index contributed by atoms with van der Waals surface area (Å²) in [6.45, 7) is 0. The minimum absolute atomic E-state index is 0.0244. The lowest BCUT2D eigenvalue weighted by atomic mass is 9.91. The van der Waals surface area contributed by atoms with Crippen molar-refractivity contribution in [2.75, 3.05) is 7.11 Å². The number of carbonyl (C=O) groups excluding carboxylic acids is 2. The van der Waals surface area contributed by atoms with Gasteiger partial charge in [-0.05, 0) is 35.9 Å². The van der Waals surface area contributed by atoms with Gasteiger partial charge in [-0.2, -0.15) is 0 Å². The Kier molecular flexibility index (Phi) is 6.26. The largest absolute Gasteiger partial charge is 0.507 e. The Bertz CT molecular complexity index is 1260. The van der Waals surface area contributed by atoms with Gasteiger partial charge in [0.15, 0.2) is 11.6 Å². The van der Waals surface area contributed by atoms with E-state index >= 15 is 0 Å². The molecule has 0 bridgehead atoms. The molecule has 0 saturated carbocycles. The van der Waals surface area contributed by atoms with E-state index < -0.39 is 17.7 Å². The average Bonchev–Trinajstić information content (AvgIpc) is 2.83. The third-order valence-corrected chi connectivity index (χ3v) is 5.36. The Labute approximate surface area is 191 Å². The van der Waals surface area contributed by atoms with E-state index in [0.717, 1.165) is 5.56 Å². The molecule has 6 nitrogen and oxygen atoms in total. The first kappa shape index (κ1) is 21.9. The summed E-state index contributed by atoms with van der Waals surface area (Å²) >= 11 is 0. The van der Waals surface area contributed by atoms with Crippen LogP contribution in [0.15, 0.2) is 84.4 Å².